The summed E-state index contributed by atoms with van der Waals surface area (Å²) in [5.41, 5.74) is 8.23. The first-order chi connectivity index (χ1) is 11.3. The van der Waals surface area contributed by atoms with Crippen molar-refractivity contribution in [3.8, 4) is 0 Å². The van der Waals surface area contributed by atoms with Crippen molar-refractivity contribution in [2.45, 2.75) is 32.7 Å². The minimum absolute atomic E-state index is 0.148. The zero-order chi connectivity index (χ0) is 18.1. The normalized spacial score (nSPS) is 11.7. The van der Waals surface area contributed by atoms with Crippen LogP contribution in [0.5, 0.6) is 0 Å². The van der Waals surface area contributed by atoms with E-state index in [0.29, 0.717) is 5.92 Å². The van der Waals surface area contributed by atoms with Gasteiger partial charge in [-0.1, -0.05) is 38.1 Å². The first-order valence-electron chi connectivity index (χ1n) is 7.93. The molecule has 1 aromatic carbocycles. The maximum absolute atomic E-state index is 11.7. The summed E-state index contributed by atoms with van der Waals surface area (Å²) in [6.07, 6.45) is 0. The van der Waals surface area contributed by atoms with Crippen LogP contribution in [0.2, 0.25) is 0 Å². The molecule has 0 heterocycles. The Morgan fingerprint density at radius 1 is 0.917 bits per heavy atom. The van der Waals surface area contributed by atoms with Crippen LogP contribution < -0.4 is 21.7 Å². The average molecular weight is 334 g/mol. The molecule has 1 aromatic rings. The highest BCUT2D eigenvalue weighted by Gasteiger charge is 2.10. The van der Waals surface area contributed by atoms with Gasteiger partial charge in [-0.05, 0) is 17.0 Å². The Morgan fingerprint density at radius 2 is 1.42 bits per heavy atom. The van der Waals surface area contributed by atoms with Gasteiger partial charge in [-0.2, -0.15) is 0 Å². The molecule has 0 aliphatic rings. The van der Waals surface area contributed by atoms with E-state index in [1.165, 1.54) is 12.5 Å². The van der Waals surface area contributed by atoms with E-state index in [2.05, 4.69) is 29.8 Å². The van der Waals surface area contributed by atoms with Gasteiger partial charge in [0.05, 0.1) is 13.1 Å². The van der Waals surface area contributed by atoms with E-state index in [4.69, 9.17) is 5.73 Å². The molecule has 5 N–H and O–H groups in total. The van der Waals surface area contributed by atoms with Crippen LogP contribution >= 0.6 is 0 Å². The zero-order valence-corrected chi connectivity index (χ0v) is 14.4. The van der Waals surface area contributed by atoms with Crippen molar-refractivity contribution in [3.05, 3.63) is 35.4 Å². The quantitative estimate of drug-likeness (QED) is 0.543. The van der Waals surface area contributed by atoms with Gasteiger partial charge in [0.2, 0.25) is 17.7 Å². The molecule has 0 aromatic heterocycles. The van der Waals surface area contributed by atoms with Crippen molar-refractivity contribution < 1.29 is 14.4 Å². The van der Waals surface area contributed by atoms with E-state index in [1.807, 2.05) is 24.3 Å². The van der Waals surface area contributed by atoms with Crippen LogP contribution in [0, 0.1) is 0 Å². The van der Waals surface area contributed by atoms with E-state index >= 15 is 0 Å². The fourth-order valence-electron chi connectivity index (χ4n) is 1.98. The molecule has 0 radical (unpaired) electrons. The van der Waals surface area contributed by atoms with Crippen molar-refractivity contribution in [1.82, 2.24) is 16.0 Å². The minimum Gasteiger partial charge on any atom is -0.353 e. The SMILES string of the molecule is CC(=O)NCC(=O)NCC(=O)NCC(N)c1ccc(C(C)C)cc1. The molecule has 0 spiro atoms. The lowest BCUT2D eigenvalue weighted by atomic mass is 9.99. The molecule has 24 heavy (non-hydrogen) atoms. The van der Waals surface area contributed by atoms with Gasteiger partial charge >= 0.3 is 0 Å². The van der Waals surface area contributed by atoms with Crippen molar-refractivity contribution in [2.24, 2.45) is 5.73 Å². The van der Waals surface area contributed by atoms with E-state index in [1.54, 1.807) is 0 Å². The fourth-order valence-corrected chi connectivity index (χ4v) is 1.98. The maximum atomic E-state index is 11.7. The number of nitrogens with two attached hydrogens (primary N) is 1. The minimum atomic E-state index is -0.422. The monoisotopic (exact) mass is 334 g/mol. The standard InChI is InChI=1S/C17H26N4O3/c1-11(2)13-4-6-14(7-5-13)15(18)8-20-17(24)10-21-16(23)9-19-12(3)22/h4-7,11,15H,8-10,18H2,1-3H3,(H,19,22)(H,20,24)(H,21,23). The Balaban J connectivity index is 2.33. The van der Waals surface area contributed by atoms with E-state index in [-0.39, 0.29) is 37.5 Å². The highest BCUT2D eigenvalue weighted by Crippen LogP contribution is 2.17. The van der Waals surface area contributed by atoms with E-state index < -0.39 is 5.91 Å². The van der Waals surface area contributed by atoms with Crippen LogP contribution in [0.15, 0.2) is 24.3 Å². The molecule has 132 valence electrons. The third kappa shape index (κ3) is 7.23. The first-order valence-corrected chi connectivity index (χ1v) is 7.93. The largest absolute Gasteiger partial charge is 0.353 e. The molecule has 0 saturated carbocycles. The molecule has 1 rings (SSSR count). The van der Waals surface area contributed by atoms with Crippen molar-refractivity contribution in [1.29, 1.82) is 0 Å². The molecular formula is C17H26N4O3. The first kappa shape index (κ1) is 19.6. The highest BCUT2D eigenvalue weighted by atomic mass is 16.2. The van der Waals surface area contributed by atoms with Gasteiger partial charge in [0.25, 0.3) is 0 Å². The van der Waals surface area contributed by atoms with Crippen molar-refractivity contribution in [3.63, 3.8) is 0 Å². The van der Waals surface area contributed by atoms with Gasteiger partial charge in [0, 0.05) is 19.5 Å². The summed E-state index contributed by atoms with van der Waals surface area (Å²) in [5.74, 6) is -0.602. The molecule has 3 amide bonds. The Kier molecular flexibility index (Phi) is 7.91. The van der Waals surface area contributed by atoms with Crippen LogP contribution in [0.3, 0.4) is 0 Å². The van der Waals surface area contributed by atoms with Crippen LogP contribution in [0.4, 0.5) is 0 Å². The number of rotatable bonds is 8. The van der Waals surface area contributed by atoms with E-state index in [0.717, 1.165) is 5.56 Å². The molecule has 1 atom stereocenters. The van der Waals surface area contributed by atoms with Crippen molar-refractivity contribution in [2.75, 3.05) is 19.6 Å². The van der Waals surface area contributed by atoms with Gasteiger partial charge < -0.3 is 21.7 Å². The van der Waals surface area contributed by atoms with Gasteiger partial charge in [0.15, 0.2) is 0 Å². The van der Waals surface area contributed by atoms with Crippen LogP contribution in [0.1, 0.15) is 43.9 Å². The number of hydrogen-bond donors (Lipinski definition) is 4. The summed E-state index contributed by atoms with van der Waals surface area (Å²) in [4.78, 5) is 33.7. The van der Waals surface area contributed by atoms with Crippen LogP contribution in [0.25, 0.3) is 0 Å². The molecule has 1 unspecified atom stereocenters. The lowest BCUT2D eigenvalue weighted by Crippen LogP contribution is -2.42. The summed E-state index contributed by atoms with van der Waals surface area (Å²) in [5, 5.41) is 7.44. The summed E-state index contributed by atoms with van der Waals surface area (Å²) < 4.78 is 0. The predicted octanol–water partition coefficient (Wildman–Crippen LogP) is 0.178. The molecule has 0 aliphatic carbocycles. The summed E-state index contributed by atoms with van der Waals surface area (Å²) in [6.45, 7) is 5.53. The Labute approximate surface area is 142 Å². The van der Waals surface area contributed by atoms with Gasteiger partial charge in [-0.3, -0.25) is 14.4 Å². The lowest BCUT2D eigenvalue weighted by Gasteiger charge is -2.15. The second kappa shape index (κ2) is 9.67. The Bertz CT molecular complexity index is 570. The summed E-state index contributed by atoms with van der Waals surface area (Å²) in [6, 6.07) is 7.67. The van der Waals surface area contributed by atoms with Crippen LogP contribution in [-0.2, 0) is 14.4 Å². The predicted molar refractivity (Wildman–Crippen MR) is 92.2 cm³/mol. The lowest BCUT2D eigenvalue weighted by molar-refractivity contribution is -0.127. The topological polar surface area (TPSA) is 113 Å². The Morgan fingerprint density at radius 3 is 1.96 bits per heavy atom. The third-order valence-electron chi connectivity index (χ3n) is 3.49. The summed E-state index contributed by atoms with van der Waals surface area (Å²) >= 11 is 0. The number of hydrogen-bond acceptors (Lipinski definition) is 4. The van der Waals surface area contributed by atoms with Crippen LogP contribution in [-0.4, -0.2) is 37.4 Å². The number of nitrogens with one attached hydrogen (secondary N) is 3. The van der Waals surface area contributed by atoms with Gasteiger partial charge in [-0.25, -0.2) is 0 Å². The molecule has 0 bridgehead atoms. The molecule has 0 saturated heterocycles. The smallest absolute Gasteiger partial charge is 0.239 e. The number of amides is 3. The molecule has 7 nitrogen and oxygen atoms in total. The van der Waals surface area contributed by atoms with Gasteiger partial charge in [0.1, 0.15) is 0 Å². The Hall–Kier alpha value is -2.41. The fraction of sp³-hybridized carbons (Fsp3) is 0.471. The van der Waals surface area contributed by atoms with E-state index in [9.17, 15) is 14.4 Å². The number of carbonyl (C=O) groups is 3. The van der Waals surface area contributed by atoms with Crippen molar-refractivity contribution >= 4 is 17.7 Å². The number of benzene rings is 1. The molecular weight excluding hydrogens is 308 g/mol. The molecule has 0 fully saturated rings. The zero-order valence-electron chi connectivity index (χ0n) is 14.4. The second-order valence-corrected chi connectivity index (χ2v) is 5.92. The average Bonchev–Trinajstić information content (AvgIpc) is 2.55. The van der Waals surface area contributed by atoms with Gasteiger partial charge in [-0.15, -0.1) is 0 Å². The third-order valence-corrected chi connectivity index (χ3v) is 3.49. The summed E-state index contributed by atoms with van der Waals surface area (Å²) in [7, 11) is 0. The molecule has 0 aliphatic heterocycles. The number of carbonyl (C=O) groups excluding carboxylic acids is 3. The molecule has 7 heteroatoms. The highest BCUT2D eigenvalue weighted by molar-refractivity contribution is 5.87. The second-order valence-electron chi connectivity index (χ2n) is 5.92. The maximum Gasteiger partial charge on any atom is 0.239 e.